The highest BCUT2D eigenvalue weighted by atomic mass is 16.6. The van der Waals surface area contributed by atoms with E-state index in [-0.39, 0.29) is 12.1 Å². The fourth-order valence-electron chi connectivity index (χ4n) is 1.58. The maximum atomic E-state index is 11.4. The summed E-state index contributed by atoms with van der Waals surface area (Å²) in [4.78, 5) is 11.4. The van der Waals surface area contributed by atoms with Gasteiger partial charge in [-0.3, -0.25) is 0 Å². The molecule has 15 heavy (non-hydrogen) atoms. The van der Waals surface area contributed by atoms with Crippen molar-refractivity contribution in [3.05, 3.63) is 6.42 Å². The summed E-state index contributed by atoms with van der Waals surface area (Å²) in [7, 11) is 0. The Kier molecular flexibility index (Phi) is 4.00. The van der Waals surface area contributed by atoms with E-state index in [0.717, 1.165) is 0 Å². The van der Waals surface area contributed by atoms with Gasteiger partial charge in [-0.25, -0.2) is 4.79 Å². The first-order valence-electron chi connectivity index (χ1n) is 5.71. The number of amides is 1. The van der Waals surface area contributed by atoms with Gasteiger partial charge in [0, 0.05) is 6.04 Å². The van der Waals surface area contributed by atoms with E-state index in [1.54, 1.807) is 0 Å². The normalized spacial score (nSPS) is 19.2. The standard InChI is InChI=1S/C12H22NO2/c1-9(8-10-6-5-7-10)13-11(14)15-12(2,3)4/h8-10H,5-7H2,1-4H3,(H,13,14)/t9-/m0/s1. The molecule has 3 heteroatoms. The zero-order valence-electron chi connectivity index (χ0n) is 10.2. The maximum absolute atomic E-state index is 11.4. The van der Waals surface area contributed by atoms with E-state index in [2.05, 4.69) is 11.7 Å². The van der Waals surface area contributed by atoms with Crippen LogP contribution in [0.2, 0.25) is 0 Å². The largest absolute Gasteiger partial charge is 0.444 e. The van der Waals surface area contributed by atoms with Crippen LogP contribution in [0.15, 0.2) is 0 Å². The molecule has 0 unspecified atom stereocenters. The minimum atomic E-state index is -0.416. The van der Waals surface area contributed by atoms with E-state index in [1.807, 2.05) is 27.7 Å². The predicted molar refractivity (Wildman–Crippen MR) is 60.5 cm³/mol. The minimum Gasteiger partial charge on any atom is -0.444 e. The van der Waals surface area contributed by atoms with Crippen LogP contribution in [0, 0.1) is 12.3 Å². The molecule has 87 valence electrons. The van der Waals surface area contributed by atoms with Crippen molar-refractivity contribution in [3.63, 3.8) is 0 Å². The Labute approximate surface area is 92.6 Å². The van der Waals surface area contributed by atoms with Crippen molar-refractivity contribution in [1.82, 2.24) is 5.32 Å². The quantitative estimate of drug-likeness (QED) is 0.781. The molecule has 1 rings (SSSR count). The Balaban J connectivity index is 2.18. The molecule has 1 N–H and O–H groups in total. The van der Waals surface area contributed by atoms with Gasteiger partial charge in [0.15, 0.2) is 0 Å². The number of ether oxygens (including phenoxy) is 1. The first-order valence-corrected chi connectivity index (χ1v) is 5.71. The molecule has 1 amide bonds. The lowest BCUT2D eigenvalue weighted by molar-refractivity contribution is 0.0511. The number of hydrogen-bond acceptors (Lipinski definition) is 2. The van der Waals surface area contributed by atoms with Gasteiger partial charge in [0.25, 0.3) is 0 Å². The van der Waals surface area contributed by atoms with Gasteiger partial charge in [-0.2, -0.15) is 0 Å². The van der Waals surface area contributed by atoms with Crippen LogP contribution < -0.4 is 5.32 Å². The molecule has 0 aliphatic heterocycles. The van der Waals surface area contributed by atoms with E-state index in [4.69, 9.17) is 4.74 Å². The molecule has 0 saturated heterocycles. The second-order valence-corrected chi connectivity index (χ2v) is 5.32. The number of hydrogen-bond donors (Lipinski definition) is 1. The molecule has 0 heterocycles. The number of carbonyl (C=O) groups is 1. The van der Waals surface area contributed by atoms with E-state index >= 15 is 0 Å². The Hall–Kier alpha value is -0.730. The summed E-state index contributed by atoms with van der Waals surface area (Å²) in [5.74, 6) is 0.690. The lowest BCUT2D eigenvalue weighted by atomic mass is 9.81. The first kappa shape index (κ1) is 12.3. The van der Waals surface area contributed by atoms with Crippen LogP contribution in [-0.2, 0) is 4.74 Å². The zero-order valence-corrected chi connectivity index (χ0v) is 10.2. The monoisotopic (exact) mass is 212 g/mol. The van der Waals surface area contributed by atoms with Gasteiger partial charge in [0.2, 0.25) is 0 Å². The number of carbonyl (C=O) groups excluding carboxylic acids is 1. The number of rotatable bonds is 3. The van der Waals surface area contributed by atoms with Gasteiger partial charge >= 0.3 is 6.09 Å². The average Bonchev–Trinajstić information content (AvgIpc) is 1.92. The molecule has 0 aromatic heterocycles. The van der Waals surface area contributed by atoms with Gasteiger partial charge in [0.1, 0.15) is 5.60 Å². The molecule has 1 fully saturated rings. The average molecular weight is 212 g/mol. The van der Waals surface area contributed by atoms with E-state index in [1.165, 1.54) is 19.3 Å². The van der Waals surface area contributed by atoms with Crippen LogP contribution in [-0.4, -0.2) is 17.7 Å². The molecule has 0 bridgehead atoms. The van der Waals surface area contributed by atoms with Gasteiger partial charge in [-0.1, -0.05) is 19.3 Å². The molecular formula is C12H22NO2. The smallest absolute Gasteiger partial charge is 0.407 e. The van der Waals surface area contributed by atoms with Crippen molar-refractivity contribution in [2.75, 3.05) is 0 Å². The second kappa shape index (κ2) is 4.86. The molecule has 1 saturated carbocycles. The van der Waals surface area contributed by atoms with Crippen molar-refractivity contribution in [2.45, 2.75) is 58.6 Å². The molecule has 1 aliphatic carbocycles. The van der Waals surface area contributed by atoms with Gasteiger partial charge in [-0.05, 0) is 40.0 Å². The van der Waals surface area contributed by atoms with Crippen molar-refractivity contribution in [3.8, 4) is 0 Å². The van der Waals surface area contributed by atoms with Crippen molar-refractivity contribution >= 4 is 6.09 Å². The van der Waals surface area contributed by atoms with Crippen LogP contribution >= 0.6 is 0 Å². The summed E-state index contributed by atoms with van der Waals surface area (Å²) in [6.07, 6.45) is 5.72. The molecule has 3 nitrogen and oxygen atoms in total. The van der Waals surface area contributed by atoms with Crippen LogP contribution in [0.5, 0.6) is 0 Å². The molecule has 0 aromatic carbocycles. The van der Waals surface area contributed by atoms with E-state index in [9.17, 15) is 4.79 Å². The molecule has 0 spiro atoms. The second-order valence-electron chi connectivity index (χ2n) is 5.32. The van der Waals surface area contributed by atoms with Gasteiger partial charge in [0.05, 0.1) is 0 Å². The Bertz CT molecular complexity index is 216. The fraction of sp³-hybridized carbons (Fsp3) is 0.833. The zero-order chi connectivity index (χ0) is 11.5. The molecule has 1 aliphatic rings. The third kappa shape index (κ3) is 5.05. The Morgan fingerprint density at radius 3 is 2.47 bits per heavy atom. The maximum Gasteiger partial charge on any atom is 0.407 e. The summed E-state index contributed by atoms with van der Waals surface area (Å²) >= 11 is 0. The summed E-state index contributed by atoms with van der Waals surface area (Å²) in [6.45, 7) is 7.59. The van der Waals surface area contributed by atoms with E-state index in [0.29, 0.717) is 5.92 Å². The predicted octanol–water partition coefficient (Wildman–Crippen LogP) is 2.90. The van der Waals surface area contributed by atoms with Crippen LogP contribution in [0.3, 0.4) is 0 Å². The summed E-state index contributed by atoms with van der Waals surface area (Å²) in [5.41, 5.74) is -0.416. The summed E-state index contributed by atoms with van der Waals surface area (Å²) in [5, 5.41) is 2.82. The molecule has 1 atom stereocenters. The number of alkyl carbamates (subject to hydrolysis) is 1. The first-order chi connectivity index (χ1) is 6.87. The topological polar surface area (TPSA) is 38.3 Å². The minimum absolute atomic E-state index is 0.102. The molecule has 1 radical (unpaired) electrons. The van der Waals surface area contributed by atoms with E-state index < -0.39 is 5.60 Å². The van der Waals surface area contributed by atoms with Crippen molar-refractivity contribution in [1.29, 1.82) is 0 Å². The van der Waals surface area contributed by atoms with Gasteiger partial charge in [-0.15, -0.1) is 0 Å². The lowest BCUT2D eigenvalue weighted by Crippen LogP contribution is -2.39. The van der Waals surface area contributed by atoms with Crippen LogP contribution in [0.4, 0.5) is 4.79 Å². The van der Waals surface area contributed by atoms with Gasteiger partial charge < -0.3 is 10.1 Å². The van der Waals surface area contributed by atoms with Crippen molar-refractivity contribution < 1.29 is 9.53 Å². The molecular weight excluding hydrogens is 190 g/mol. The fourth-order valence-corrected chi connectivity index (χ4v) is 1.58. The highest BCUT2D eigenvalue weighted by Gasteiger charge is 2.22. The highest BCUT2D eigenvalue weighted by Crippen LogP contribution is 2.29. The summed E-state index contributed by atoms with van der Waals surface area (Å²) in [6, 6.07) is 0.102. The Morgan fingerprint density at radius 2 is 2.07 bits per heavy atom. The summed E-state index contributed by atoms with van der Waals surface area (Å²) < 4.78 is 5.17. The van der Waals surface area contributed by atoms with Crippen LogP contribution in [0.1, 0.15) is 47.0 Å². The molecule has 0 aromatic rings. The van der Waals surface area contributed by atoms with Crippen molar-refractivity contribution in [2.24, 2.45) is 5.92 Å². The third-order valence-electron chi connectivity index (χ3n) is 2.46. The highest BCUT2D eigenvalue weighted by molar-refractivity contribution is 5.68. The third-order valence-corrected chi connectivity index (χ3v) is 2.46. The SMILES string of the molecule is C[C@@H]([CH]C1CCC1)NC(=O)OC(C)(C)C. The van der Waals surface area contributed by atoms with Crippen LogP contribution in [0.25, 0.3) is 0 Å². The number of nitrogens with one attached hydrogen (secondary N) is 1. The lowest BCUT2D eigenvalue weighted by Gasteiger charge is -2.28. The Morgan fingerprint density at radius 1 is 1.47 bits per heavy atom.